The third kappa shape index (κ3) is 3.66. The third-order valence-electron chi connectivity index (χ3n) is 5.83. The summed E-state index contributed by atoms with van der Waals surface area (Å²) >= 11 is 0. The van der Waals surface area contributed by atoms with Crippen molar-refractivity contribution in [3.63, 3.8) is 0 Å². The van der Waals surface area contributed by atoms with Gasteiger partial charge in [0.15, 0.2) is 0 Å². The van der Waals surface area contributed by atoms with Gasteiger partial charge in [-0.15, -0.1) is 0 Å². The van der Waals surface area contributed by atoms with Crippen molar-refractivity contribution in [2.24, 2.45) is 7.05 Å². The Morgan fingerprint density at radius 2 is 2.07 bits per heavy atom. The Bertz CT molecular complexity index is 1010. The predicted molar refractivity (Wildman–Crippen MR) is 111 cm³/mol. The number of pyridine rings is 1. The van der Waals surface area contributed by atoms with Crippen molar-refractivity contribution in [1.29, 1.82) is 0 Å². The van der Waals surface area contributed by atoms with Gasteiger partial charge in [-0.25, -0.2) is 4.98 Å². The number of likely N-dealkylation sites (tertiary alicyclic amines) is 1. The van der Waals surface area contributed by atoms with E-state index in [1.807, 2.05) is 38.5 Å². The summed E-state index contributed by atoms with van der Waals surface area (Å²) in [5.41, 5.74) is 3.73. The van der Waals surface area contributed by atoms with Crippen LogP contribution in [0.15, 0.2) is 36.7 Å². The number of aryl methyl sites for hydroxylation is 4. The topological polar surface area (TPSA) is 51.0 Å². The lowest BCUT2D eigenvalue weighted by Crippen LogP contribution is -2.44. The molecule has 2 aromatic heterocycles. The standard InChI is InChI=1S/C23H28N4O/c1-16-7-9-21-19(14-16)20(15-17(2)25-21)23(28)27-12-5-4-6-18(27)8-10-22-24-11-13-26(22)3/h7,9,11,13-15,18H,4-6,8,10,12H2,1-3H3/t18-/m0/s1. The van der Waals surface area contributed by atoms with Crippen LogP contribution in [0.3, 0.4) is 0 Å². The molecule has 1 aliphatic heterocycles. The predicted octanol–water partition coefficient (Wildman–Crippen LogP) is 4.21. The molecule has 1 fully saturated rings. The van der Waals surface area contributed by atoms with Gasteiger partial charge in [0.05, 0.1) is 11.1 Å². The number of rotatable bonds is 4. The Kier molecular flexibility index (Phi) is 5.16. The molecule has 0 radical (unpaired) electrons. The van der Waals surface area contributed by atoms with Crippen LogP contribution in [0, 0.1) is 13.8 Å². The number of piperidine rings is 1. The first kappa shape index (κ1) is 18.7. The van der Waals surface area contributed by atoms with E-state index < -0.39 is 0 Å². The second-order valence-corrected chi connectivity index (χ2v) is 7.97. The van der Waals surface area contributed by atoms with Gasteiger partial charge in [0.25, 0.3) is 5.91 Å². The van der Waals surface area contributed by atoms with Gasteiger partial charge in [0, 0.05) is 49.5 Å². The third-order valence-corrected chi connectivity index (χ3v) is 5.83. The Balaban J connectivity index is 1.62. The van der Waals surface area contributed by atoms with E-state index in [1.54, 1.807) is 0 Å². The number of aromatic nitrogens is 3. The van der Waals surface area contributed by atoms with E-state index in [-0.39, 0.29) is 11.9 Å². The summed E-state index contributed by atoms with van der Waals surface area (Å²) in [6.07, 6.45) is 9.00. The van der Waals surface area contributed by atoms with Crippen LogP contribution < -0.4 is 0 Å². The Morgan fingerprint density at radius 1 is 1.21 bits per heavy atom. The van der Waals surface area contributed by atoms with Gasteiger partial charge in [-0.2, -0.15) is 0 Å². The molecular formula is C23H28N4O. The zero-order valence-electron chi connectivity index (χ0n) is 17.0. The molecule has 0 spiro atoms. The molecule has 5 heteroatoms. The van der Waals surface area contributed by atoms with Crippen LogP contribution in [0.25, 0.3) is 10.9 Å². The highest BCUT2D eigenvalue weighted by molar-refractivity contribution is 6.06. The molecule has 28 heavy (non-hydrogen) atoms. The largest absolute Gasteiger partial charge is 0.338 e. The maximum atomic E-state index is 13.6. The molecule has 4 rings (SSSR count). The molecule has 0 bridgehead atoms. The minimum Gasteiger partial charge on any atom is -0.338 e. The van der Waals surface area contributed by atoms with Crippen molar-refractivity contribution < 1.29 is 4.79 Å². The molecule has 1 aromatic carbocycles. The number of benzene rings is 1. The molecule has 1 atom stereocenters. The number of carbonyl (C=O) groups excluding carboxylic acids is 1. The zero-order chi connectivity index (χ0) is 19.7. The Labute approximate surface area is 166 Å². The van der Waals surface area contributed by atoms with Crippen molar-refractivity contribution in [1.82, 2.24) is 19.4 Å². The number of hydrogen-bond donors (Lipinski definition) is 0. The quantitative estimate of drug-likeness (QED) is 0.685. The normalized spacial score (nSPS) is 17.2. The van der Waals surface area contributed by atoms with Crippen molar-refractivity contribution in [3.05, 3.63) is 59.3 Å². The molecule has 1 aliphatic rings. The first-order chi connectivity index (χ1) is 13.5. The molecule has 1 saturated heterocycles. The number of fused-ring (bicyclic) bond motifs is 1. The van der Waals surface area contributed by atoms with Crippen molar-refractivity contribution in [2.75, 3.05) is 6.54 Å². The maximum Gasteiger partial charge on any atom is 0.254 e. The van der Waals surface area contributed by atoms with Crippen LogP contribution in [-0.4, -0.2) is 37.9 Å². The van der Waals surface area contributed by atoms with E-state index in [9.17, 15) is 4.79 Å². The lowest BCUT2D eigenvalue weighted by atomic mass is 9.95. The summed E-state index contributed by atoms with van der Waals surface area (Å²) in [5.74, 6) is 1.23. The second kappa shape index (κ2) is 7.74. The number of carbonyl (C=O) groups is 1. The average Bonchev–Trinajstić information content (AvgIpc) is 3.10. The first-order valence-corrected chi connectivity index (χ1v) is 10.2. The van der Waals surface area contributed by atoms with E-state index in [0.717, 1.165) is 65.8 Å². The van der Waals surface area contributed by atoms with Crippen LogP contribution >= 0.6 is 0 Å². The number of hydrogen-bond acceptors (Lipinski definition) is 3. The summed E-state index contributed by atoms with van der Waals surface area (Å²) < 4.78 is 2.07. The van der Waals surface area contributed by atoms with Gasteiger partial charge < -0.3 is 9.47 Å². The molecule has 1 amide bonds. The smallest absolute Gasteiger partial charge is 0.254 e. The van der Waals surface area contributed by atoms with Crippen LogP contribution in [0.1, 0.15) is 53.1 Å². The van der Waals surface area contributed by atoms with Crippen molar-refractivity contribution >= 4 is 16.8 Å². The lowest BCUT2D eigenvalue weighted by molar-refractivity contribution is 0.0603. The van der Waals surface area contributed by atoms with Crippen LogP contribution in [0.2, 0.25) is 0 Å². The molecule has 3 heterocycles. The van der Waals surface area contributed by atoms with Crippen LogP contribution in [0.4, 0.5) is 0 Å². The molecule has 5 nitrogen and oxygen atoms in total. The summed E-state index contributed by atoms with van der Waals surface area (Å²) in [5, 5.41) is 0.962. The van der Waals surface area contributed by atoms with Crippen molar-refractivity contribution in [3.8, 4) is 0 Å². The van der Waals surface area contributed by atoms with E-state index in [2.05, 4.69) is 38.5 Å². The van der Waals surface area contributed by atoms with Crippen LogP contribution in [-0.2, 0) is 13.5 Å². The molecule has 0 aliphatic carbocycles. The summed E-state index contributed by atoms with van der Waals surface area (Å²) in [7, 11) is 2.03. The molecule has 0 saturated carbocycles. The number of amides is 1. The number of nitrogens with zero attached hydrogens (tertiary/aromatic N) is 4. The molecule has 0 unspecified atom stereocenters. The lowest BCUT2D eigenvalue weighted by Gasteiger charge is -2.36. The molecule has 0 N–H and O–H groups in total. The minimum atomic E-state index is 0.144. The highest BCUT2D eigenvalue weighted by Crippen LogP contribution is 2.27. The summed E-state index contributed by atoms with van der Waals surface area (Å²) in [6.45, 7) is 4.85. The second-order valence-electron chi connectivity index (χ2n) is 7.97. The maximum absolute atomic E-state index is 13.6. The fraction of sp³-hybridized carbons (Fsp3) is 0.435. The van der Waals surface area contributed by atoms with Crippen LogP contribution in [0.5, 0.6) is 0 Å². The first-order valence-electron chi connectivity index (χ1n) is 10.2. The highest BCUT2D eigenvalue weighted by atomic mass is 16.2. The number of imidazole rings is 1. The van der Waals surface area contributed by atoms with Gasteiger partial charge in [0.1, 0.15) is 5.82 Å². The Hall–Kier alpha value is -2.69. The monoisotopic (exact) mass is 376 g/mol. The zero-order valence-corrected chi connectivity index (χ0v) is 17.0. The SMILES string of the molecule is Cc1ccc2nc(C)cc(C(=O)N3CCCC[C@H]3CCc3nccn3C)c2c1. The Morgan fingerprint density at radius 3 is 2.86 bits per heavy atom. The fourth-order valence-electron chi connectivity index (χ4n) is 4.30. The van der Waals surface area contributed by atoms with E-state index in [4.69, 9.17) is 0 Å². The fourth-order valence-corrected chi connectivity index (χ4v) is 4.30. The molecule has 3 aromatic rings. The average molecular weight is 377 g/mol. The summed E-state index contributed by atoms with van der Waals surface area (Å²) in [6, 6.07) is 8.38. The van der Waals surface area contributed by atoms with E-state index in [1.165, 1.54) is 6.42 Å². The minimum absolute atomic E-state index is 0.144. The van der Waals surface area contributed by atoms with E-state index in [0.29, 0.717) is 0 Å². The van der Waals surface area contributed by atoms with Crippen molar-refractivity contribution in [2.45, 2.75) is 52.0 Å². The molecular weight excluding hydrogens is 348 g/mol. The van der Waals surface area contributed by atoms with Gasteiger partial charge in [0.2, 0.25) is 0 Å². The van der Waals surface area contributed by atoms with Gasteiger partial charge in [-0.05, 0) is 57.7 Å². The summed E-state index contributed by atoms with van der Waals surface area (Å²) in [4.78, 5) is 24.8. The highest BCUT2D eigenvalue weighted by Gasteiger charge is 2.28. The van der Waals surface area contributed by atoms with Gasteiger partial charge >= 0.3 is 0 Å². The molecule has 146 valence electrons. The van der Waals surface area contributed by atoms with Gasteiger partial charge in [-0.1, -0.05) is 11.6 Å². The van der Waals surface area contributed by atoms with E-state index >= 15 is 0 Å². The van der Waals surface area contributed by atoms with Gasteiger partial charge in [-0.3, -0.25) is 9.78 Å².